The first kappa shape index (κ1) is 12.7. The minimum atomic E-state index is -0.972. The molecule has 2 rings (SSSR count). The Morgan fingerprint density at radius 3 is 2.61 bits per heavy atom. The van der Waals surface area contributed by atoms with Crippen LogP contribution >= 0.6 is 0 Å². The van der Waals surface area contributed by atoms with Crippen LogP contribution in [0.4, 0.5) is 0 Å². The molecule has 2 N–H and O–H groups in total. The lowest BCUT2D eigenvalue weighted by molar-refractivity contribution is 0.00921. The minimum absolute atomic E-state index is 0.502. The summed E-state index contributed by atoms with van der Waals surface area (Å²) in [5.41, 5.74) is 1.31. The Morgan fingerprint density at radius 1 is 1.22 bits per heavy atom. The third-order valence-corrected chi connectivity index (χ3v) is 2.83. The van der Waals surface area contributed by atoms with Gasteiger partial charge in [-0.15, -0.1) is 5.10 Å². The van der Waals surface area contributed by atoms with Crippen LogP contribution in [-0.4, -0.2) is 31.3 Å². The molecular weight excluding hydrogens is 230 g/mol. The molecule has 5 nitrogen and oxygen atoms in total. The molecule has 0 bridgehead atoms. The monoisotopic (exact) mass is 247 g/mol. The van der Waals surface area contributed by atoms with Gasteiger partial charge in [0.15, 0.2) is 0 Å². The summed E-state index contributed by atoms with van der Waals surface area (Å²) in [6, 6.07) is 9.42. The Hall–Kier alpha value is -1.72. The van der Waals surface area contributed by atoms with Crippen molar-refractivity contribution in [3.63, 3.8) is 0 Å². The van der Waals surface area contributed by atoms with Gasteiger partial charge in [0.2, 0.25) is 0 Å². The molecular formula is C13H17N3O2. The van der Waals surface area contributed by atoms with E-state index in [-0.39, 0.29) is 0 Å². The number of aliphatic hydroxyl groups is 2. The minimum Gasteiger partial charge on any atom is -0.390 e. The standard InChI is InChI=1S/C13H17N3O2/c1-2-6-12(17)13(18)11-9-14-15-16(11)10-7-4-3-5-8-10/h3-5,7-9,12-13,17-18H,2,6H2,1H3. The van der Waals surface area contributed by atoms with E-state index in [9.17, 15) is 10.2 Å². The molecule has 18 heavy (non-hydrogen) atoms. The van der Waals surface area contributed by atoms with E-state index in [1.807, 2.05) is 37.3 Å². The molecule has 1 heterocycles. The number of hydrogen-bond donors (Lipinski definition) is 2. The highest BCUT2D eigenvalue weighted by Crippen LogP contribution is 2.21. The van der Waals surface area contributed by atoms with E-state index in [4.69, 9.17) is 0 Å². The van der Waals surface area contributed by atoms with E-state index in [0.717, 1.165) is 12.1 Å². The molecule has 96 valence electrons. The van der Waals surface area contributed by atoms with Gasteiger partial charge in [0.1, 0.15) is 6.10 Å². The summed E-state index contributed by atoms with van der Waals surface area (Å²) >= 11 is 0. The highest BCUT2D eigenvalue weighted by Gasteiger charge is 2.22. The maximum atomic E-state index is 10.1. The molecule has 2 atom stereocenters. The molecule has 0 amide bonds. The molecule has 1 aromatic heterocycles. The van der Waals surface area contributed by atoms with Crippen LogP contribution < -0.4 is 0 Å². The fourth-order valence-electron chi connectivity index (χ4n) is 1.87. The van der Waals surface area contributed by atoms with E-state index in [2.05, 4.69) is 10.3 Å². The van der Waals surface area contributed by atoms with E-state index >= 15 is 0 Å². The van der Waals surface area contributed by atoms with Crippen molar-refractivity contribution in [2.75, 3.05) is 0 Å². The van der Waals surface area contributed by atoms with Crippen molar-refractivity contribution >= 4 is 0 Å². The molecule has 2 unspecified atom stereocenters. The molecule has 0 aliphatic rings. The van der Waals surface area contributed by atoms with Crippen molar-refractivity contribution in [3.8, 4) is 5.69 Å². The van der Waals surface area contributed by atoms with Gasteiger partial charge in [0, 0.05) is 0 Å². The fourth-order valence-corrected chi connectivity index (χ4v) is 1.87. The van der Waals surface area contributed by atoms with E-state index in [0.29, 0.717) is 12.1 Å². The number of aromatic nitrogens is 3. The van der Waals surface area contributed by atoms with Gasteiger partial charge in [-0.1, -0.05) is 36.8 Å². The molecule has 0 fully saturated rings. The zero-order valence-electron chi connectivity index (χ0n) is 10.3. The Balaban J connectivity index is 2.28. The molecule has 0 spiro atoms. The van der Waals surface area contributed by atoms with Crippen molar-refractivity contribution < 1.29 is 10.2 Å². The first-order valence-electron chi connectivity index (χ1n) is 6.06. The van der Waals surface area contributed by atoms with Gasteiger partial charge in [-0.25, -0.2) is 4.68 Å². The lowest BCUT2D eigenvalue weighted by Crippen LogP contribution is -2.20. The first-order valence-corrected chi connectivity index (χ1v) is 6.06. The summed E-state index contributed by atoms with van der Waals surface area (Å²) in [4.78, 5) is 0. The second-order valence-electron chi connectivity index (χ2n) is 4.21. The second kappa shape index (κ2) is 5.75. The highest BCUT2D eigenvalue weighted by atomic mass is 16.3. The predicted octanol–water partition coefficient (Wildman–Crippen LogP) is 1.46. The number of nitrogens with zero attached hydrogens (tertiary/aromatic N) is 3. The van der Waals surface area contributed by atoms with Crippen LogP contribution in [0, 0.1) is 0 Å². The van der Waals surface area contributed by atoms with Gasteiger partial charge < -0.3 is 10.2 Å². The molecule has 5 heteroatoms. The average Bonchev–Trinajstić information content (AvgIpc) is 2.88. The zero-order chi connectivity index (χ0) is 13.0. The van der Waals surface area contributed by atoms with Crippen LogP contribution in [0.2, 0.25) is 0 Å². The quantitative estimate of drug-likeness (QED) is 0.839. The Kier molecular flexibility index (Phi) is 4.07. The van der Waals surface area contributed by atoms with Crippen LogP contribution in [0.1, 0.15) is 31.6 Å². The van der Waals surface area contributed by atoms with Gasteiger partial charge in [-0.2, -0.15) is 0 Å². The Morgan fingerprint density at radius 2 is 1.94 bits per heavy atom. The molecule has 0 aliphatic carbocycles. The maximum absolute atomic E-state index is 10.1. The summed E-state index contributed by atoms with van der Waals surface area (Å²) in [5, 5.41) is 27.7. The summed E-state index contributed by atoms with van der Waals surface area (Å²) in [6.45, 7) is 1.96. The zero-order valence-corrected chi connectivity index (χ0v) is 10.3. The van der Waals surface area contributed by atoms with E-state index in [1.165, 1.54) is 6.20 Å². The van der Waals surface area contributed by atoms with Crippen molar-refractivity contribution in [2.24, 2.45) is 0 Å². The molecule has 0 radical (unpaired) electrons. The van der Waals surface area contributed by atoms with Gasteiger partial charge in [0.25, 0.3) is 0 Å². The fraction of sp³-hybridized carbons (Fsp3) is 0.385. The lowest BCUT2D eigenvalue weighted by atomic mass is 10.1. The van der Waals surface area contributed by atoms with Gasteiger partial charge >= 0.3 is 0 Å². The normalized spacial score (nSPS) is 14.4. The summed E-state index contributed by atoms with van der Waals surface area (Å²) < 4.78 is 1.55. The molecule has 0 aliphatic heterocycles. The Labute approximate surface area is 106 Å². The summed E-state index contributed by atoms with van der Waals surface area (Å²) in [7, 11) is 0. The van der Waals surface area contributed by atoms with Gasteiger partial charge in [-0.05, 0) is 18.6 Å². The van der Waals surface area contributed by atoms with Gasteiger partial charge in [0.05, 0.1) is 23.7 Å². The largest absolute Gasteiger partial charge is 0.390 e. The maximum Gasteiger partial charge on any atom is 0.123 e. The predicted molar refractivity (Wildman–Crippen MR) is 67.2 cm³/mol. The number of para-hydroxylation sites is 1. The highest BCUT2D eigenvalue weighted by molar-refractivity contribution is 5.32. The Bertz CT molecular complexity index is 484. The van der Waals surface area contributed by atoms with Crippen molar-refractivity contribution in [1.29, 1.82) is 0 Å². The van der Waals surface area contributed by atoms with Gasteiger partial charge in [-0.3, -0.25) is 0 Å². The lowest BCUT2D eigenvalue weighted by Gasteiger charge is -2.17. The van der Waals surface area contributed by atoms with E-state index < -0.39 is 12.2 Å². The molecule has 0 saturated heterocycles. The molecule has 0 saturated carbocycles. The van der Waals surface area contributed by atoms with Crippen molar-refractivity contribution in [2.45, 2.75) is 32.0 Å². The third-order valence-electron chi connectivity index (χ3n) is 2.83. The van der Waals surface area contributed by atoms with Crippen LogP contribution in [-0.2, 0) is 0 Å². The van der Waals surface area contributed by atoms with Crippen LogP contribution in [0.15, 0.2) is 36.5 Å². The summed E-state index contributed by atoms with van der Waals surface area (Å²) in [6.07, 6.45) is 1.07. The number of rotatable bonds is 5. The van der Waals surface area contributed by atoms with Crippen LogP contribution in [0.3, 0.4) is 0 Å². The molecule has 2 aromatic rings. The number of hydrogen-bond acceptors (Lipinski definition) is 4. The number of benzene rings is 1. The first-order chi connectivity index (χ1) is 8.74. The summed E-state index contributed by atoms with van der Waals surface area (Å²) in [5.74, 6) is 0. The number of aliphatic hydroxyl groups excluding tert-OH is 2. The van der Waals surface area contributed by atoms with Crippen LogP contribution in [0.25, 0.3) is 5.69 Å². The topological polar surface area (TPSA) is 71.2 Å². The smallest absolute Gasteiger partial charge is 0.123 e. The van der Waals surface area contributed by atoms with E-state index in [1.54, 1.807) is 4.68 Å². The van der Waals surface area contributed by atoms with Crippen LogP contribution in [0.5, 0.6) is 0 Å². The van der Waals surface area contributed by atoms with Crippen molar-refractivity contribution in [3.05, 3.63) is 42.2 Å². The third kappa shape index (κ3) is 2.57. The average molecular weight is 247 g/mol. The van der Waals surface area contributed by atoms with Crippen molar-refractivity contribution in [1.82, 2.24) is 15.0 Å². The molecule has 1 aromatic carbocycles. The SMILES string of the molecule is CCCC(O)C(O)c1cnnn1-c1ccccc1. The second-order valence-corrected chi connectivity index (χ2v) is 4.21.